The SMILES string of the molecule is Cc1ccccc1CNC(=O)CN1C(=O)N[C@]2(CCCc3ccccc32)C1=O. The number of imide groups is 1. The van der Waals surface area contributed by atoms with Crippen molar-refractivity contribution in [2.24, 2.45) is 0 Å². The first kappa shape index (κ1) is 18.2. The highest BCUT2D eigenvalue weighted by Gasteiger charge is 2.54. The smallest absolute Gasteiger partial charge is 0.325 e. The van der Waals surface area contributed by atoms with Crippen LogP contribution < -0.4 is 10.6 Å². The van der Waals surface area contributed by atoms with Gasteiger partial charge in [0.15, 0.2) is 0 Å². The van der Waals surface area contributed by atoms with E-state index in [-0.39, 0.29) is 18.4 Å². The molecule has 0 radical (unpaired) electrons. The van der Waals surface area contributed by atoms with Crippen LogP contribution in [0, 0.1) is 6.92 Å². The highest BCUT2D eigenvalue weighted by Crippen LogP contribution is 2.39. The van der Waals surface area contributed by atoms with Gasteiger partial charge in [-0.3, -0.25) is 14.5 Å². The van der Waals surface area contributed by atoms with Gasteiger partial charge in [0, 0.05) is 6.54 Å². The number of urea groups is 1. The van der Waals surface area contributed by atoms with E-state index < -0.39 is 11.6 Å². The summed E-state index contributed by atoms with van der Waals surface area (Å²) in [7, 11) is 0. The topological polar surface area (TPSA) is 78.5 Å². The summed E-state index contributed by atoms with van der Waals surface area (Å²) in [6.45, 7) is 2.06. The van der Waals surface area contributed by atoms with Crippen LogP contribution >= 0.6 is 0 Å². The summed E-state index contributed by atoms with van der Waals surface area (Å²) >= 11 is 0. The van der Waals surface area contributed by atoms with E-state index in [1.54, 1.807) is 0 Å². The predicted octanol–water partition coefficient (Wildman–Crippen LogP) is 2.39. The third-order valence-corrected chi connectivity index (χ3v) is 5.69. The molecule has 0 aromatic heterocycles. The lowest BCUT2D eigenvalue weighted by Crippen LogP contribution is -2.47. The lowest BCUT2D eigenvalue weighted by Gasteiger charge is -2.33. The van der Waals surface area contributed by atoms with E-state index >= 15 is 0 Å². The molecule has 2 aromatic rings. The fourth-order valence-electron chi connectivity index (χ4n) is 4.16. The number of carbonyl (C=O) groups is 3. The number of hydrogen-bond donors (Lipinski definition) is 2. The molecule has 2 aliphatic rings. The van der Waals surface area contributed by atoms with Crippen LogP contribution in [-0.2, 0) is 28.1 Å². The number of aryl methyl sites for hydroxylation is 2. The lowest BCUT2D eigenvalue weighted by molar-refractivity contribution is -0.135. The molecule has 1 aliphatic heterocycles. The van der Waals surface area contributed by atoms with E-state index in [2.05, 4.69) is 10.6 Å². The van der Waals surface area contributed by atoms with Crippen LogP contribution in [0.25, 0.3) is 0 Å². The monoisotopic (exact) mass is 377 g/mol. The summed E-state index contributed by atoms with van der Waals surface area (Å²) in [6, 6.07) is 15.0. The van der Waals surface area contributed by atoms with Crippen LogP contribution in [0.3, 0.4) is 0 Å². The van der Waals surface area contributed by atoms with E-state index in [1.807, 2.05) is 55.5 Å². The van der Waals surface area contributed by atoms with Gasteiger partial charge in [0.05, 0.1) is 0 Å². The zero-order valence-electron chi connectivity index (χ0n) is 15.8. The van der Waals surface area contributed by atoms with Gasteiger partial charge in [0.1, 0.15) is 12.1 Å². The molecule has 1 saturated heterocycles. The van der Waals surface area contributed by atoms with E-state index in [0.717, 1.165) is 40.0 Å². The minimum Gasteiger partial charge on any atom is -0.350 e. The predicted molar refractivity (Wildman–Crippen MR) is 104 cm³/mol. The van der Waals surface area contributed by atoms with Crippen molar-refractivity contribution in [2.75, 3.05) is 6.54 Å². The average Bonchev–Trinajstić information content (AvgIpc) is 2.92. The Morgan fingerprint density at radius 3 is 2.71 bits per heavy atom. The zero-order valence-corrected chi connectivity index (χ0v) is 15.8. The molecule has 1 aliphatic carbocycles. The Kier molecular flexibility index (Phi) is 4.63. The van der Waals surface area contributed by atoms with Crippen LogP contribution in [0.15, 0.2) is 48.5 Å². The molecule has 2 aromatic carbocycles. The van der Waals surface area contributed by atoms with Gasteiger partial charge < -0.3 is 10.6 Å². The number of rotatable bonds is 4. The lowest BCUT2D eigenvalue weighted by atomic mass is 9.76. The molecule has 1 heterocycles. The molecular weight excluding hydrogens is 354 g/mol. The molecule has 0 saturated carbocycles. The summed E-state index contributed by atoms with van der Waals surface area (Å²) in [5, 5.41) is 5.68. The largest absolute Gasteiger partial charge is 0.350 e. The van der Waals surface area contributed by atoms with Crippen molar-refractivity contribution in [3.8, 4) is 0 Å². The molecule has 6 heteroatoms. The maximum Gasteiger partial charge on any atom is 0.325 e. The Hall–Kier alpha value is -3.15. The van der Waals surface area contributed by atoms with Crippen molar-refractivity contribution >= 4 is 17.8 Å². The molecule has 28 heavy (non-hydrogen) atoms. The Labute approximate surface area is 163 Å². The maximum atomic E-state index is 13.2. The fourth-order valence-corrected chi connectivity index (χ4v) is 4.16. The summed E-state index contributed by atoms with van der Waals surface area (Å²) in [5.74, 6) is -0.691. The first-order valence-electron chi connectivity index (χ1n) is 9.55. The normalized spacial score (nSPS) is 20.8. The maximum absolute atomic E-state index is 13.2. The van der Waals surface area contributed by atoms with Crippen molar-refractivity contribution in [3.63, 3.8) is 0 Å². The van der Waals surface area contributed by atoms with E-state index in [1.165, 1.54) is 0 Å². The van der Waals surface area contributed by atoms with Gasteiger partial charge >= 0.3 is 6.03 Å². The van der Waals surface area contributed by atoms with E-state index in [9.17, 15) is 14.4 Å². The quantitative estimate of drug-likeness (QED) is 0.803. The molecule has 4 rings (SSSR count). The third-order valence-electron chi connectivity index (χ3n) is 5.69. The van der Waals surface area contributed by atoms with Gasteiger partial charge in [-0.2, -0.15) is 0 Å². The Balaban J connectivity index is 1.48. The number of nitrogens with zero attached hydrogens (tertiary/aromatic N) is 1. The second kappa shape index (κ2) is 7.11. The summed E-state index contributed by atoms with van der Waals surface area (Å²) < 4.78 is 0. The second-order valence-electron chi connectivity index (χ2n) is 7.44. The van der Waals surface area contributed by atoms with Gasteiger partial charge in [-0.1, -0.05) is 48.5 Å². The van der Waals surface area contributed by atoms with Gasteiger partial charge in [0.2, 0.25) is 5.91 Å². The number of carbonyl (C=O) groups excluding carboxylic acids is 3. The summed E-state index contributed by atoms with van der Waals surface area (Å²) in [5.41, 5.74) is 2.97. The first-order chi connectivity index (χ1) is 13.5. The standard InChI is InChI=1S/C22H23N3O3/c1-15-7-2-3-9-17(15)13-23-19(26)14-25-20(27)22(24-21(25)28)12-6-10-16-8-4-5-11-18(16)22/h2-5,7-9,11H,6,10,12-14H2,1H3,(H,23,26)(H,24,28)/t22-/m0/s1. The summed E-state index contributed by atoms with van der Waals surface area (Å²) in [6.07, 6.45) is 2.25. The molecule has 1 atom stereocenters. The van der Waals surface area contributed by atoms with Crippen molar-refractivity contribution < 1.29 is 14.4 Å². The van der Waals surface area contributed by atoms with Crippen molar-refractivity contribution in [1.29, 1.82) is 0 Å². The number of amides is 4. The van der Waals surface area contributed by atoms with Crippen molar-refractivity contribution in [3.05, 3.63) is 70.8 Å². The van der Waals surface area contributed by atoms with Crippen LogP contribution in [0.5, 0.6) is 0 Å². The Morgan fingerprint density at radius 1 is 1.14 bits per heavy atom. The molecule has 4 amide bonds. The van der Waals surface area contributed by atoms with Gasteiger partial charge in [-0.25, -0.2) is 4.79 Å². The van der Waals surface area contributed by atoms with Crippen molar-refractivity contribution in [2.45, 2.75) is 38.3 Å². The van der Waals surface area contributed by atoms with Crippen LogP contribution in [-0.4, -0.2) is 29.3 Å². The molecular formula is C22H23N3O3. The van der Waals surface area contributed by atoms with Crippen LogP contribution in [0.1, 0.15) is 35.1 Å². The second-order valence-corrected chi connectivity index (χ2v) is 7.44. The van der Waals surface area contributed by atoms with Crippen LogP contribution in [0.4, 0.5) is 4.79 Å². The molecule has 0 bridgehead atoms. The first-order valence-corrected chi connectivity index (χ1v) is 9.55. The number of fused-ring (bicyclic) bond motifs is 2. The number of hydrogen-bond acceptors (Lipinski definition) is 3. The average molecular weight is 377 g/mol. The highest BCUT2D eigenvalue weighted by atomic mass is 16.2. The van der Waals surface area contributed by atoms with Gasteiger partial charge in [-0.15, -0.1) is 0 Å². The third kappa shape index (κ3) is 3.05. The van der Waals surface area contributed by atoms with Crippen LogP contribution in [0.2, 0.25) is 0 Å². The van der Waals surface area contributed by atoms with E-state index in [0.29, 0.717) is 13.0 Å². The molecule has 1 fully saturated rings. The Morgan fingerprint density at radius 2 is 1.89 bits per heavy atom. The molecule has 2 N–H and O–H groups in total. The molecule has 1 spiro atoms. The van der Waals surface area contributed by atoms with Gasteiger partial charge in [0.25, 0.3) is 5.91 Å². The zero-order chi connectivity index (χ0) is 19.7. The minimum atomic E-state index is -1.04. The minimum absolute atomic E-state index is 0.277. The molecule has 144 valence electrons. The summed E-state index contributed by atoms with van der Waals surface area (Å²) in [4.78, 5) is 39.2. The molecule has 0 unspecified atom stereocenters. The highest BCUT2D eigenvalue weighted by molar-refractivity contribution is 6.09. The van der Waals surface area contributed by atoms with Gasteiger partial charge in [-0.05, 0) is 48.4 Å². The number of benzene rings is 2. The Bertz CT molecular complexity index is 956. The van der Waals surface area contributed by atoms with E-state index in [4.69, 9.17) is 0 Å². The molecule has 6 nitrogen and oxygen atoms in total. The number of nitrogens with one attached hydrogen (secondary N) is 2. The fraction of sp³-hybridized carbons (Fsp3) is 0.318. The van der Waals surface area contributed by atoms with Crippen molar-refractivity contribution in [1.82, 2.24) is 15.5 Å².